The molecule has 0 fully saturated rings. The summed E-state index contributed by atoms with van der Waals surface area (Å²) < 4.78 is 6.14. The topological polar surface area (TPSA) is 64.4 Å². The molecule has 0 saturated carbocycles. The summed E-state index contributed by atoms with van der Waals surface area (Å²) in [6.45, 7) is 1.99. The third-order valence-electron chi connectivity index (χ3n) is 3.09. The largest absolute Gasteiger partial charge is 0.497 e. The highest BCUT2D eigenvalue weighted by Gasteiger charge is 2.10. The molecular formula is C15H15BrN2O3. The molecular weight excluding hydrogens is 336 g/mol. The van der Waals surface area contributed by atoms with Crippen LogP contribution >= 0.6 is 15.9 Å². The molecule has 110 valence electrons. The van der Waals surface area contributed by atoms with E-state index in [-0.39, 0.29) is 11.7 Å². The number of methoxy groups -OCH3 is 1. The molecule has 0 amide bonds. The number of nitro groups is 1. The molecule has 0 aromatic heterocycles. The molecule has 1 atom stereocenters. The zero-order valence-corrected chi connectivity index (χ0v) is 13.3. The van der Waals surface area contributed by atoms with Gasteiger partial charge in [-0.1, -0.05) is 28.1 Å². The van der Waals surface area contributed by atoms with Crippen molar-refractivity contribution in [3.8, 4) is 5.75 Å². The fourth-order valence-corrected chi connectivity index (χ4v) is 2.45. The maximum Gasteiger partial charge on any atom is 0.269 e. The van der Waals surface area contributed by atoms with Gasteiger partial charge in [0.1, 0.15) is 5.75 Å². The zero-order chi connectivity index (χ0) is 15.4. The highest BCUT2D eigenvalue weighted by atomic mass is 79.9. The number of nitro benzene ring substituents is 1. The number of nitrogens with zero attached hydrogens (tertiary/aromatic N) is 1. The van der Waals surface area contributed by atoms with Gasteiger partial charge in [0.25, 0.3) is 5.69 Å². The standard InChI is InChI=1S/C15H15BrN2O3/c1-10(11-3-5-14(6-4-11)18(19)20)17-13-7-12(16)8-15(9-13)21-2/h3-10,17H,1-2H3. The second-order valence-electron chi connectivity index (χ2n) is 4.59. The molecule has 5 nitrogen and oxygen atoms in total. The summed E-state index contributed by atoms with van der Waals surface area (Å²) in [5.74, 6) is 0.753. The van der Waals surface area contributed by atoms with Crippen molar-refractivity contribution in [2.45, 2.75) is 13.0 Å². The number of non-ortho nitro benzene ring substituents is 1. The van der Waals surface area contributed by atoms with E-state index in [4.69, 9.17) is 4.74 Å². The van der Waals surface area contributed by atoms with Gasteiger partial charge >= 0.3 is 0 Å². The van der Waals surface area contributed by atoms with E-state index < -0.39 is 4.92 Å². The molecule has 0 heterocycles. The lowest BCUT2D eigenvalue weighted by molar-refractivity contribution is -0.384. The van der Waals surface area contributed by atoms with Crippen molar-refractivity contribution in [3.63, 3.8) is 0 Å². The van der Waals surface area contributed by atoms with Crippen LogP contribution in [0.1, 0.15) is 18.5 Å². The van der Waals surface area contributed by atoms with Gasteiger partial charge in [0, 0.05) is 34.4 Å². The molecule has 0 saturated heterocycles. The maximum atomic E-state index is 10.7. The Bertz CT molecular complexity index is 644. The second kappa shape index (κ2) is 6.58. The van der Waals surface area contributed by atoms with E-state index in [2.05, 4.69) is 21.2 Å². The normalized spacial score (nSPS) is 11.8. The number of hydrogen-bond donors (Lipinski definition) is 1. The van der Waals surface area contributed by atoms with Crippen molar-refractivity contribution < 1.29 is 9.66 Å². The summed E-state index contributed by atoms with van der Waals surface area (Å²) in [4.78, 5) is 10.3. The van der Waals surface area contributed by atoms with Gasteiger partial charge in [-0.2, -0.15) is 0 Å². The molecule has 0 aliphatic carbocycles. The molecule has 1 unspecified atom stereocenters. The first kappa shape index (κ1) is 15.3. The summed E-state index contributed by atoms with van der Waals surface area (Å²) in [6.07, 6.45) is 0. The summed E-state index contributed by atoms with van der Waals surface area (Å²) in [5.41, 5.74) is 1.97. The van der Waals surface area contributed by atoms with E-state index in [1.165, 1.54) is 12.1 Å². The van der Waals surface area contributed by atoms with Crippen LogP contribution in [0.4, 0.5) is 11.4 Å². The third kappa shape index (κ3) is 3.95. The van der Waals surface area contributed by atoms with Crippen LogP contribution < -0.4 is 10.1 Å². The highest BCUT2D eigenvalue weighted by Crippen LogP contribution is 2.28. The second-order valence-corrected chi connectivity index (χ2v) is 5.51. The molecule has 1 N–H and O–H groups in total. The first-order chi connectivity index (χ1) is 9.99. The Hall–Kier alpha value is -2.08. The van der Waals surface area contributed by atoms with Crippen molar-refractivity contribution in [3.05, 3.63) is 62.6 Å². The number of rotatable bonds is 5. The summed E-state index contributed by atoms with van der Waals surface area (Å²) in [6, 6.07) is 12.3. The molecule has 21 heavy (non-hydrogen) atoms. The fourth-order valence-electron chi connectivity index (χ4n) is 1.98. The van der Waals surface area contributed by atoms with Gasteiger partial charge in [-0.05, 0) is 24.6 Å². The Morgan fingerprint density at radius 1 is 1.24 bits per heavy atom. The van der Waals surface area contributed by atoms with Crippen molar-refractivity contribution in [2.24, 2.45) is 0 Å². The van der Waals surface area contributed by atoms with Crippen molar-refractivity contribution >= 4 is 27.3 Å². The van der Waals surface area contributed by atoms with Gasteiger partial charge in [0.2, 0.25) is 0 Å². The van der Waals surface area contributed by atoms with Crippen LogP contribution in [0.2, 0.25) is 0 Å². The van der Waals surface area contributed by atoms with Crippen LogP contribution in [-0.4, -0.2) is 12.0 Å². The molecule has 0 aliphatic rings. The number of hydrogen-bond acceptors (Lipinski definition) is 4. The monoisotopic (exact) mass is 350 g/mol. The summed E-state index contributed by atoms with van der Waals surface area (Å²) >= 11 is 3.43. The Morgan fingerprint density at radius 2 is 1.90 bits per heavy atom. The van der Waals surface area contributed by atoms with E-state index in [1.807, 2.05) is 25.1 Å². The molecule has 0 radical (unpaired) electrons. The van der Waals surface area contributed by atoms with E-state index in [1.54, 1.807) is 19.2 Å². The molecule has 6 heteroatoms. The zero-order valence-electron chi connectivity index (χ0n) is 11.7. The number of anilines is 1. The average molecular weight is 351 g/mol. The minimum atomic E-state index is -0.402. The van der Waals surface area contributed by atoms with Gasteiger partial charge in [0.15, 0.2) is 0 Å². The van der Waals surface area contributed by atoms with E-state index in [0.29, 0.717) is 0 Å². The smallest absolute Gasteiger partial charge is 0.269 e. The Labute approximate surface area is 131 Å². The van der Waals surface area contributed by atoms with Crippen molar-refractivity contribution in [1.29, 1.82) is 0 Å². The molecule has 0 bridgehead atoms. The molecule has 0 aliphatic heterocycles. The van der Waals surface area contributed by atoms with Gasteiger partial charge in [-0.3, -0.25) is 10.1 Å². The highest BCUT2D eigenvalue weighted by molar-refractivity contribution is 9.10. The van der Waals surface area contributed by atoms with Crippen LogP contribution in [-0.2, 0) is 0 Å². The predicted molar refractivity (Wildman–Crippen MR) is 85.8 cm³/mol. The molecule has 2 rings (SSSR count). The Morgan fingerprint density at radius 3 is 2.48 bits per heavy atom. The number of ether oxygens (including phenoxy) is 1. The van der Waals surface area contributed by atoms with E-state index in [0.717, 1.165) is 21.5 Å². The maximum absolute atomic E-state index is 10.7. The Kier molecular flexibility index (Phi) is 4.80. The quantitative estimate of drug-likeness (QED) is 0.635. The predicted octanol–water partition coefficient (Wildman–Crippen LogP) is 4.54. The lowest BCUT2D eigenvalue weighted by atomic mass is 10.1. The van der Waals surface area contributed by atoms with Crippen LogP contribution in [0.3, 0.4) is 0 Å². The van der Waals surface area contributed by atoms with E-state index in [9.17, 15) is 10.1 Å². The molecule has 2 aromatic carbocycles. The summed E-state index contributed by atoms with van der Waals surface area (Å²) in [7, 11) is 1.62. The lowest BCUT2D eigenvalue weighted by Crippen LogP contribution is -2.06. The fraction of sp³-hybridized carbons (Fsp3) is 0.200. The first-order valence-electron chi connectivity index (χ1n) is 6.35. The van der Waals surface area contributed by atoms with Gasteiger partial charge < -0.3 is 10.1 Å². The number of benzene rings is 2. The van der Waals surface area contributed by atoms with Crippen LogP contribution in [0, 0.1) is 10.1 Å². The molecule has 2 aromatic rings. The van der Waals surface area contributed by atoms with Gasteiger partial charge in [-0.15, -0.1) is 0 Å². The SMILES string of the molecule is COc1cc(Br)cc(NC(C)c2ccc([N+](=O)[O-])cc2)c1. The van der Waals surface area contributed by atoms with Crippen molar-refractivity contribution in [1.82, 2.24) is 0 Å². The molecule has 0 spiro atoms. The van der Waals surface area contributed by atoms with Gasteiger partial charge in [0.05, 0.1) is 12.0 Å². The van der Waals surface area contributed by atoms with Gasteiger partial charge in [-0.25, -0.2) is 0 Å². The minimum Gasteiger partial charge on any atom is -0.497 e. The minimum absolute atomic E-state index is 0.0183. The average Bonchev–Trinajstić information content (AvgIpc) is 2.46. The van der Waals surface area contributed by atoms with Crippen LogP contribution in [0.25, 0.3) is 0 Å². The number of nitrogens with one attached hydrogen (secondary N) is 1. The first-order valence-corrected chi connectivity index (χ1v) is 7.14. The third-order valence-corrected chi connectivity index (χ3v) is 3.55. The number of halogens is 1. The lowest BCUT2D eigenvalue weighted by Gasteiger charge is -2.16. The van der Waals surface area contributed by atoms with E-state index >= 15 is 0 Å². The van der Waals surface area contributed by atoms with Crippen molar-refractivity contribution in [2.75, 3.05) is 12.4 Å². The Balaban J connectivity index is 2.15. The summed E-state index contributed by atoms with van der Waals surface area (Å²) in [5, 5.41) is 14.0. The van der Waals surface area contributed by atoms with Crippen LogP contribution in [0.15, 0.2) is 46.9 Å². The van der Waals surface area contributed by atoms with Crippen LogP contribution in [0.5, 0.6) is 5.75 Å².